The Morgan fingerprint density at radius 3 is 2.18 bits per heavy atom. The maximum absolute atomic E-state index is 13.8. The first-order chi connectivity index (χ1) is 18.6. The largest absolute Gasteiger partial charge is 0.492 e. The maximum atomic E-state index is 13.8. The molecule has 0 bridgehead atoms. The summed E-state index contributed by atoms with van der Waals surface area (Å²) in [4.78, 5) is 28.5. The van der Waals surface area contributed by atoms with Crippen molar-refractivity contribution in [1.82, 2.24) is 4.90 Å². The molecule has 1 fully saturated rings. The average molecular weight is 528 g/mol. The summed E-state index contributed by atoms with van der Waals surface area (Å²) in [6.45, 7) is 5.27. The minimum Gasteiger partial charge on any atom is -0.492 e. The standard InChI is InChI=1S/C32H33NO4S/c1-23(34)37-27-17-13-25(14-18-27)32-30(28-9-5-6-10-29(28)38-32)31(35)24-11-15-26(16-12-24)36-22-21-33-19-7-3-2-4-8-20-33/h5-6,9-18H,2-4,7-8,19-22H2,1H3. The Hall–Kier alpha value is -3.48. The molecule has 1 aliphatic heterocycles. The van der Waals surface area contributed by atoms with Gasteiger partial charge >= 0.3 is 5.97 Å². The van der Waals surface area contributed by atoms with E-state index in [1.54, 1.807) is 23.5 Å². The third-order valence-corrected chi connectivity index (χ3v) is 8.16. The average Bonchev–Trinajstić information content (AvgIpc) is 3.29. The highest BCUT2D eigenvalue weighted by molar-refractivity contribution is 7.22. The highest BCUT2D eigenvalue weighted by Crippen LogP contribution is 2.40. The van der Waals surface area contributed by atoms with Crippen molar-refractivity contribution in [2.75, 3.05) is 26.2 Å². The third kappa shape index (κ3) is 6.32. The number of ketones is 1. The maximum Gasteiger partial charge on any atom is 0.308 e. The number of esters is 1. The number of thiophene rings is 1. The molecule has 1 saturated heterocycles. The zero-order valence-electron chi connectivity index (χ0n) is 21.8. The van der Waals surface area contributed by atoms with Crippen molar-refractivity contribution in [1.29, 1.82) is 0 Å². The highest BCUT2D eigenvalue weighted by atomic mass is 32.1. The highest BCUT2D eigenvalue weighted by Gasteiger charge is 2.21. The zero-order valence-corrected chi connectivity index (χ0v) is 22.6. The van der Waals surface area contributed by atoms with E-state index in [9.17, 15) is 9.59 Å². The second kappa shape index (κ2) is 12.4. The molecule has 0 saturated carbocycles. The monoisotopic (exact) mass is 527 g/mol. The van der Waals surface area contributed by atoms with Crippen molar-refractivity contribution in [3.05, 3.63) is 83.9 Å². The van der Waals surface area contributed by atoms with Crippen molar-refractivity contribution >= 4 is 33.2 Å². The number of fused-ring (bicyclic) bond motifs is 1. The quantitative estimate of drug-likeness (QED) is 0.136. The van der Waals surface area contributed by atoms with Gasteiger partial charge in [-0.3, -0.25) is 14.5 Å². The number of rotatable bonds is 8. The Morgan fingerprint density at radius 1 is 0.816 bits per heavy atom. The second-order valence-corrected chi connectivity index (χ2v) is 10.8. The summed E-state index contributed by atoms with van der Waals surface area (Å²) in [6.07, 6.45) is 6.56. The molecule has 2 heterocycles. The fourth-order valence-corrected chi connectivity index (χ4v) is 6.20. The van der Waals surface area contributed by atoms with Crippen molar-refractivity contribution in [2.45, 2.75) is 39.0 Å². The second-order valence-electron chi connectivity index (χ2n) is 9.73. The molecule has 0 unspecified atom stereocenters. The van der Waals surface area contributed by atoms with Crippen LogP contribution in [0.1, 0.15) is 54.9 Å². The molecule has 0 spiro atoms. The minimum absolute atomic E-state index is 0.0197. The molecule has 5 nitrogen and oxygen atoms in total. The van der Waals surface area contributed by atoms with Crippen molar-refractivity contribution in [3.8, 4) is 21.9 Å². The Bertz CT molecular complexity index is 1380. The smallest absolute Gasteiger partial charge is 0.308 e. The van der Waals surface area contributed by atoms with Crippen LogP contribution in [0.4, 0.5) is 0 Å². The van der Waals surface area contributed by atoms with Crippen LogP contribution in [-0.2, 0) is 4.79 Å². The fourth-order valence-electron chi connectivity index (χ4n) is 4.99. The van der Waals surface area contributed by atoms with E-state index in [0.29, 0.717) is 23.5 Å². The Labute approximate surface area is 228 Å². The lowest BCUT2D eigenvalue weighted by atomic mass is 9.97. The number of carbonyl (C=O) groups excluding carboxylic acids is 2. The number of likely N-dealkylation sites (tertiary alicyclic amines) is 1. The van der Waals surface area contributed by atoms with Gasteiger partial charge in [-0.15, -0.1) is 11.3 Å². The Morgan fingerprint density at radius 2 is 1.47 bits per heavy atom. The van der Waals surface area contributed by atoms with Crippen LogP contribution >= 0.6 is 11.3 Å². The van der Waals surface area contributed by atoms with Crippen LogP contribution in [0.2, 0.25) is 0 Å². The van der Waals surface area contributed by atoms with Gasteiger partial charge in [0.25, 0.3) is 0 Å². The molecule has 0 atom stereocenters. The molecule has 0 amide bonds. The van der Waals surface area contributed by atoms with Gasteiger partial charge in [0, 0.05) is 39.6 Å². The van der Waals surface area contributed by atoms with Gasteiger partial charge in [0.1, 0.15) is 18.1 Å². The number of ether oxygens (including phenoxy) is 2. The van der Waals surface area contributed by atoms with E-state index in [4.69, 9.17) is 9.47 Å². The van der Waals surface area contributed by atoms with Gasteiger partial charge in [-0.05, 0) is 86.1 Å². The van der Waals surface area contributed by atoms with Crippen molar-refractivity contribution in [3.63, 3.8) is 0 Å². The van der Waals surface area contributed by atoms with E-state index < -0.39 is 0 Å². The molecule has 0 N–H and O–H groups in total. The van der Waals surface area contributed by atoms with Crippen LogP contribution in [0.5, 0.6) is 11.5 Å². The molecule has 196 valence electrons. The van der Waals surface area contributed by atoms with E-state index in [1.165, 1.54) is 39.0 Å². The van der Waals surface area contributed by atoms with E-state index in [1.807, 2.05) is 60.7 Å². The van der Waals surface area contributed by atoms with Gasteiger partial charge in [-0.1, -0.05) is 37.5 Å². The van der Waals surface area contributed by atoms with Crippen LogP contribution < -0.4 is 9.47 Å². The van der Waals surface area contributed by atoms with E-state index >= 15 is 0 Å². The summed E-state index contributed by atoms with van der Waals surface area (Å²) < 4.78 is 12.3. The molecule has 1 aliphatic rings. The summed E-state index contributed by atoms with van der Waals surface area (Å²) in [7, 11) is 0. The number of nitrogens with zero attached hydrogens (tertiary/aromatic N) is 1. The van der Waals surface area contributed by atoms with Crippen LogP contribution in [0.15, 0.2) is 72.8 Å². The topological polar surface area (TPSA) is 55.8 Å². The number of benzene rings is 3. The fraction of sp³-hybridized carbons (Fsp3) is 0.312. The lowest BCUT2D eigenvalue weighted by Gasteiger charge is -2.24. The van der Waals surface area contributed by atoms with Crippen molar-refractivity contribution in [2.24, 2.45) is 0 Å². The molecular formula is C32H33NO4S. The Balaban J connectivity index is 1.32. The van der Waals surface area contributed by atoms with Gasteiger partial charge in [-0.2, -0.15) is 0 Å². The van der Waals surface area contributed by atoms with Gasteiger partial charge in [-0.25, -0.2) is 0 Å². The van der Waals surface area contributed by atoms with Crippen LogP contribution in [-0.4, -0.2) is 42.9 Å². The molecule has 4 aromatic rings. The lowest BCUT2D eigenvalue weighted by molar-refractivity contribution is -0.131. The van der Waals surface area contributed by atoms with Crippen LogP contribution in [0.25, 0.3) is 20.5 Å². The molecule has 0 radical (unpaired) electrons. The van der Waals surface area contributed by atoms with Crippen LogP contribution in [0.3, 0.4) is 0 Å². The molecule has 1 aromatic heterocycles. The van der Waals surface area contributed by atoms with E-state index in [0.717, 1.165) is 45.9 Å². The Kier molecular flexibility index (Phi) is 8.51. The van der Waals surface area contributed by atoms with E-state index in [-0.39, 0.29) is 11.8 Å². The molecular weight excluding hydrogens is 494 g/mol. The first-order valence-electron chi connectivity index (χ1n) is 13.4. The number of hydrogen-bond donors (Lipinski definition) is 0. The summed E-state index contributed by atoms with van der Waals surface area (Å²) in [6, 6.07) is 22.8. The normalized spacial score (nSPS) is 14.6. The van der Waals surface area contributed by atoms with Gasteiger partial charge in [0.05, 0.1) is 0 Å². The molecule has 0 aliphatic carbocycles. The SMILES string of the molecule is CC(=O)Oc1ccc(-c2sc3ccccc3c2C(=O)c2ccc(OCCN3CCCCCCC3)cc2)cc1. The minimum atomic E-state index is -0.361. The lowest BCUT2D eigenvalue weighted by Crippen LogP contribution is -2.31. The molecule has 38 heavy (non-hydrogen) atoms. The number of carbonyl (C=O) groups is 2. The van der Waals surface area contributed by atoms with Gasteiger partial charge in [0.15, 0.2) is 5.78 Å². The zero-order chi connectivity index (χ0) is 26.3. The number of hydrogen-bond acceptors (Lipinski definition) is 6. The van der Waals surface area contributed by atoms with E-state index in [2.05, 4.69) is 4.90 Å². The molecule has 5 rings (SSSR count). The van der Waals surface area contributed by atoms with Crippen LogP contribution in [0, 0.1) is 0 Å². The summed E-state index contributed by atoms with van der Waals surface area (Å²) in [5.41, 5.74) is 2.23. The first kappa shape index (κ1) is 26.1. The van der Waals surface area contributed by atoms with Crippen molar-refractivity contribution < 1.29 is 19.1 Å². The molecule has 6 heteroatoms. The van der Waals surface area contributed by atoms with Gasteiger partial charge < -0.3 is 9.47 Å². The summed E-state index contributed by atoms with van der Waals surface area (Å²) in [5, 5.41) is 0.940. The first-order valence-corrected chi connectivity index (χ1v) is 14.2. The summed E-state index contributed by atoms with van der Waals surface area (Å²) in [5.74, 6) is 0.885. The third-order valence-electron chi connectivity index (χ3n) is 6.94. The predicted molar refractivity (Wildman–Crippen MR) is 153 cm³/mol. The van der Waals surface area contributed by atoms with Gasteiger partial charge in [0.2, 0.25) is 0 Å². The predicted octanol–water partition coefficient (Wildman–Crippen LogP) is 7.37. The molecule has 3 aromatic carbocycles. The summed E-state index contributed by atoms with van der Waals surface area (Å²) >= 11 is 1.59.